The van der Waals surface area contributed by atoms with Crippen LogP contribution in [-0.2, 0) is 20.7 Å². The summed E-state index contributed by atoms with van der Waals surface area (Å²) < 4.78 is 21.7. The number of esters is 1. The third-order valence-electron chi connectivity index (χ3n) is 6.66. The van der Waals surface area contributed by atoms with Gasteiger partial charge < -0.3 is 15.0 Å². The van der Waals surface area contributed by atoms with Crippen LogP contribution in [0.3, 0.4) is 0 Å². The van der Waals surface area contributed by atoms with Crippen LogP contribution in [-0.4, -0.2) is 65.2 Å². The summed E-state index contributed by atoms with van der Waals surface area (Å²) in [5.41, 5.74) is 2.26. The maximum absolute atomic E-state index is 15.1. The van der Waals surface area contributed by atoms with Crippen LogP contribution in [0.4, 0.5) is 10.1 Å². The second kappa shape index (κ2) is 11.8. The fourth-order valence-electron chi connectivity index (χ4n) is 4.74. The first-order valence-corrected chi connectivity index (χ1v) is 13.7. The van der Waals surface area contributed by atoms with E-state index in [-0.39, 0.29) is 22.8 Å². The first-order chi connectivity index (χ1) is 20.4. The van der Waals surface area contributed by atoms with Crippen molar-refractivity contribution in [1.82, 2.24) is 35.3 Å². The van der Waals surface area contributed by atoms with Crippen molar-refractivity contribution in [2.75, 3.05) is 11.9 Å². The van der Waals surface area contributed by atoms with Crippen molar-refractivity contribution in [3.63, 3.8) is 0 Å². The van der Waals surface area contributed by atoms with Crippen molar-refractivity contribution in [1.29, 1.82) is 0 Å². The molecule has 14 heteroatoms. The number of amides is 2. The molecule has 4 aromatic rings. The molecular formula is C29H28ClFN8O4. The van der Waals surface area contributed by atoms with E-state index in [0.29, 0.717) is 34.6 Å². The normalized spacial score (nSPS) is 14.9. The Labute approximate surface area is 250 Å². The molecule has 0 bridgehead atoms. The summed E-state index contributed by atoms with van der Waals surface area (Å²) in [5.74, 6) is -2.26. The molecule has 0 spiro atoms. The van der Waals surface area contributed by atoms with Crippen LogP contribution in [0.1, 0.15) is 59.7 Å². The van der Waals surface area contributed by atoms with Crippen LogP contribution in [0.5, 0.6) is 0 Å². The van der Waals surface area contributed by atoms with Gasteiger partial charge in [-0.1, -0.05) is 11.6 Å². The van der Waals surface area contributed by atoms with Gasteiger partial charge >= 0.3 is 5.97 Å². The summed E-state index contributed by atoms with van der Waals surface area (Å²) in [5, 5.41) is 20.8. The predicted octanol–water partition coefficient (Wildman–Crippen LogP) is 4.22. The van der Waals surface area contributed by atoms with Crippen molar-refractivity contribution >= 4 is 41.1 Å². The lowest BCUT2D eigenvalue weighted by molar-refractivity contribution is -0.135. The molecule has 2 aromatic heterocycles. The lowest BCUT2D eigenvalue weighted by atomic mass is 9.95. The van der Waals surface area contributed by atoms with Crippen LogP contribution in [0, 0.1) is 12.7 Å². The topological polar surface area (TPSA) is 148 Å². The van der Waals surface area contributed by atoms with E-state index in [1.54, 1.807) is 52.0 Å². The number of carbonyl (C=O) groups is 3. The van der Waals surface area contributed by atoms with Crippen LogP contribution < -0.4 is 5.32 Å². The highest BCUT2D eigenvalue weighted by Crippen LogP contribution is 2.33. The number of carbonyl (C=O) groups excluding carboxylic acids is 3. The molecule has 0 saturated carbocycles. The lowest BCUT2D eigenvalue weighted by Gasteiger charge is -2.34. The number of hydrogen-bond acceptors (Lipinski definition) is 8. The summed E-state index contributed by atoms with van der Waals surface area (Å²) in [4.78, 5) is 41.1. The molecule has 0 aliphatic carbocycles. The predicted molar refractivity (Wildman–Crippen MR) is 155 cm³/mol. The van der Waals surface area contributed by atoms with Gasteiger partial charge in [-0.2, -0.15) is 9.78 Å². The number of nitrogens with zero attached hydrogens (tertiary/aromatic N) is 6. The number of fused-ring (bicyclic) bond motifs is 1. The van der Waals surface area contributed by atoms with Gasteiger partial charge in [0.05, 0.1) is 22.0 Å². The average molecular weight is 607 g/mol. The molecule has 2 N–H and O–H groups in total. The number of aromatic amines is 1. The third kappa shape index (κ3) is 6.31. The van der Waals surface area contributed by atoms with E-state index in [2.05, 4.69) is 31.0 Å². The van der Waals surface area contributed by atoms with Gasteiger partial charge in [0.15, 0.2) is 5.82 Å². The smallest absolute Gasteiger partial charge is 0.338 e. The van der Waals surface area contributed by atoms with Crippen molar-refractivity contribution in [2.24, 2.45) is 0 Å². The van der Waals surface area contributed by atoms with Gasteiger partial charge in [0.2, 0.25) is 5.91 Å². The van der Waals surface area contributed by atoms with Gasteiger partial charge in [-0.05, 0) is 80.6 Å². The Morgan fingerprint density at radius 3 is 2.58 bits per heavy atom. The van der Waals surface area contributed by atoms with E-state index in [4.69, 9.17) is 16.3 Å². The monoisotopic (exact) mass is 606 g/mol. The summed E-state index contributed by atoms with van der Waals surface area (Å²) in [6.07, 6.45) is 4.16. The van der Waals surface area contributed by atoms with Gasteiger partial charge in [-0.25, -0.2) is 9.18 Å². The van der Waals surface area contributed by atoms with Crippen LogP contribution in [0.2, 0.25) is 5.02 Å². The molecule has 0 saturated heterocycles. The second-order valence-electron chi connectivity index (χ2n) is 10.8. The van der Waals surface area contributed by atoms with E-state index in [9.17, 15) is 14.4 Å². The minimum atomic E-state index is -1.03. The number of benzene rings is 2. The SMILES string of the molecule is Cc1[nH]nc2c1C(C(=O)Nc1ccc(C(=O)OC(C)(C)C)cc1)N(C(=O)C=Cc1c(-n3cnnn3)ccc(Cl)c1F)CC2. The minimum absolute atomic E-state index is 0.00332. The summed E-state index contributed by atoms with van der Waals surface area (Å²) in [7, 11) is 0. The molecule has 12 nitrogen and oxygen atoms in total. The Morgan fingerprint density at radius 2 is 1.91 bits per heavy atom. The van der Waals surface area contributed by atoms with E-state index in [1.165, 1.54) is 40.2 Å². The number of rotatable bonds is 6. The van der Waals surface area contributed by atoms with Crippen molar-refractivity contribution in [3.8, 4) is 5.69 Å². The largest absolute Gasteiger partial charge is 0.456 e. The number of aromatic nitrogens is 6. The number of ether oxygens (including phenoxy) is 1. The number of nitrogens with one attached hydrogen (secondary N) is 2. The lowest BCUT2D eigenvalue weighted by Crippen LogP contribution is -2.44. The highest BCUT2D eigenvalue weighted by Gasteiger charge is 2.38. The molecule has 2 aromatic carbocycles. The van der Waals surface area contributed by atoms with Crippen LogP contribution in [0.15, 0.2) is 48.8 Å². The molecule has 0 radical (unpaired) electrons. The first kappa shape index (κ1) is 29.6. The number of anilines is 1. The number of tetrazole rings is 1. The zero-order valence-corrected chi connectivity index (χ0v) is 24.5. The molecule has 0 fully saturated rings. The maximum atomic E-state index is 15.1. The molecule has 2 amide bonds. The molecular weight excluding hydrogens is 579 g/mol. The summed E-state index contributed by atoms with van der Waals surface area (Å²) in [6, 6.07) is 8.11. The molecule has 1 aliphatic rings. The Balaban J connectivity index is 1.41. The highest BCUT2D eigenvalue weighted by molar-refractivity contribution is 6.31. The van der Waals surface area contributed by atoms with Gasteiger partial charge in [0.25, 0.3) is 5.91 Å². The van der Waals surface area contributed by atoms with Crippen LogP contribution in [0.25, 0.3) is 11.8 Å². The van der Waals surface area contributed by atoms with Gasteiger partial charge in [-0.15, -0.1) is 5.10 Å². The second-order valence-corrected chi connectivity index (χ2v) is 11.3. The van der Waals surface area contributed by atoms with Crippen molar-refractivity contribution in [2.45, 2.75) is 45.8 Å². The molecule has 43 heavy (non-hydrogen) atoms. The van der Waals surface area contributed by atoms with Crippen molar-refractivity contribution < 1.29 is 23.5 Å². The summed E-state index contributed by atoms with van der Waals surface area (Å²) >= 11 is 6.02. The van der Waals surface area contributed by atoms with Gasteiger partial charge in [0.1, 0.15) is 18.0 Å². The molecule has 3 heterocycles. The Kier molecular flexibility index (Phi) is 8.09. The Bertz CT molecular complexity index is 1710. The quantitative estimate of drug-likeness (QED) is 0.245. The van der Waals surface area contributed by atoms with E-state index < -0.39 is 35.2 Å². The van der Waals surface area contributed by atoms with Crippen molar-refractivity contribution in [3.05, 3.63) is 87.7 Å². The van der Waals surface area contributed by atoms with E-state index in [1.807, 2.05) is 0 Å². The molecule has 1 unspecified atom stereocenters. The zero-order chi connectivity index (χ0) is 30.9. The first-order valence-electron chi connectivity index (χ1n) is 13.3. The maximum Gasteiger partial charge on any atom is 0.338 e. The van der Waals surface area contributed by atoms with E-state index >= 15 is 4.39 Å². The number of hydrogen-bond donors (Lipinski definition) is 2. The number of H-pyrrole nitrogens is 1. The standard InChI is InChI=1S/C29H28ClFN8O4/c1-16-24-21(35-34-16)13-14-38(23(40)12-9-19-22(39-15-32-36-37-39)11-10-20(30)25(19)31)26(24)27(41)33-18-7-5-17(6-8-18)28(42)43-29(2,3)4/h5-12,15,26H,13-14H2,1-4H3,(H,33,41)(H,34,35). The Morgan fingerprint density at radius 1 is 1.16 bits per heavy atom. The third-order valence-corrected chi connectivity index (χ3v) is 6.96. The summed E-state index contributed by atoms with van der Waals surface area (Å²) in [6.45, 7) is 7.28. The average Bonchev–Trinajstić information content (AvgIpc) is 3.63. The molecule has 5 rings (SSSR count). The number of halogens is 2. The molecule has 1 atom stereocenters. The van der Waals surface area contributed by atoms with Gasteiger partial charge in [0, 0.05) is 41.5 Å². The fraction of sp³-hybridized carbons (Fsp3) is 0.276. The fourth-order valence-corrected chi connectivity index (χ4v) is 4.90. The number of aryl methyl sites for hydroxylation is 1. The molecule has 1 aliphatic heterocycles. The zero-order valence-electron chi connectivity index (χ0n) is 23.8. The van der Waals surface area contributed by atoms with E-state index in [0.717, 1.165) is 0 Å². The molecule has 222 valence electrons. The Hall–Kier alpha value is -4.91. The van der Waals surface area contributed by atoms with Gasteiger partial charge in [-0.3, -0.25) is 14.7 Å². The van der Waals surface area contributed by atoms with Crippen LogP contribution >= 0.6 is 11.6 Å². The highest BCUT2D eigenvalue weighted by atomic mass is 35.5. The minimum Gasteiger partial charge on any atom is -0.456 e.